The Labute approximate surface area is 190 Å². The van der Waals surface area contributed by atoms with Crippen LogP contribution < -0.4 is 0 Å². The number of hydrogen-bond acceptors (Lipinski definition) is 4. The number of nitrogens with zero attached hydrogens (tertiary/aromatic N) is 4. The lowest BCUT2D eigenvalue weighted by Gasteiger charge is -2.32. The van der Waals surface area contributed by atoms with Gasteiger partial charge >= 0.3 is 0 Å². The number of hydrogen-bond donors (Lipinski definition) is 0. The normalized spacial score (nSPS) is 20.9. The van der Waals surface area contributed by atoms with Crippen LogP contribution in [0.4, 0.5) is 0 Å². The highest BCUT2D eigenvalue weighted by atomic mass is 16.2. The summed E-state index contributed by atoms with van der Waals surface area (Å²) in [6, 6.07) is 6.13. The molecule has 0 N–H and O–H groups in total. The molecule has 2 aliphatic heterocycles. The predicted molar refractivity (Wildman–Crippen MR) is 123 cm³/mol. The predicted octanol–water partition coefficient (Wildman–Crippen LogP) is 4.25. The van der Waals surface area contributed by atoms with Crippen LogP contribution in [-0.2, 0) is 30.6 Å². The maximum atomic E-state index is 13.0. The van der Waals surface area contributed by atoms with E-state index in [0.717, 1.165) is 62.4 Å². The summed E-state index contributed by atoms with van der Waals surface area (Å²) in [6.45, 7) is 2.48. The van der Waals surface area contributed by atoms with Crippen molar-refractivity contribution < 1.29 is 9.59 Å². The van der Waals surface area contributed by atoms with Crippen LogP contribution in [0.3, 0.4) is 0 Å². The average molecular weight is 435 g/mol. The van der Waals surface area contributed by atoms with Crippen molar-refractivity contribution in [2.24, 2.45) is 0 Å². The van der Waals surface area contributed by atoms with Crippen molar-refractivity contribution in [1.82, 2.24) is 19.7 Å². The van der Waals surface area contributed by atoms with E-state index in [0.29, 0.717) is 19.4 Å². The zero-order valence-electron chi connectivity index (χ0n) is 19.0. The van der Waals surface area contributed by atoms with E-state index in [1.165, 1.54) is 43.2 Å². The van der Waals surface area contributed by atoms with Crippen molar-refractivity contribution in [2.75, 3.05) is 13.1 Å². The minimum Gasteiger partial charge on any atom is -0.342 e. The summed E-state index contributed by atoms with van der Waals surface area (Å²) in [4.78, 5) is 27.7. The molecule has 0 saturated carbocycles. The van der Waals surface area contributed by atoms with Gasteiger partial charge in [0.2, 0.25) is 5.91 Å². The number of amides is 1. The fourth-order valence-corrected chi connectivity index (χ4v) is 5.65. The van der Waals surface area contributed by atoms with E-state index in [1.807, 2.05) is 11.0 Å². The number of fused-ring (bicyclic) bond motifs is 2. The lowest BCUT2D eigenvalue weighted by Crippen LogP contribution is -2.40. The molecule has 3 heterocycles. The third-order valence-corrected chi connectivity index (χ3v) is 7.51. The van der Waals surface area contributed by atoms with Crippen LogP contribution >= 0.6 is 0 Å². The minimum absolute atomic E-state index is 0.0862. The minimum atomic E-state index is 0.0862. The molecule has 0 spiro atoms. The third kappa shape index (κ3) is 4.50. The van der Waals surface area contributed by atoms with Gasteiger partial charge in [0.05, 0.1) is 0 Å². The van der Waals surface area contributed by atoms with Gasteiger partial charge in [0, 0.05) is 50.4 Å². The second kappa shape index (κ2) is 9.55. The second-order valence-electron chi connectivity index (χ2n) is 9.73. The number of aryl methyl sites for hydroxylation is 3. The van der Waals surface area contributed by atoms with Gasteiger partial charge in [0.15, 0.2) is 5.78 Å². The first kappa shape index (κ1) is 21.4. The van der Waals surface area contributed by atoms with Crippen LogP contribution in [0.25, 0.3) is 0 Å². The Morgan fingerprint density at radius 1 is 0.875 bits per heavy atom. The molecule has 0 radical (unpaired) electrons. The van der Waals surface area contributed by atoms with Gasteiger partial charge in [0.25, 0.3) is 0 Å². The lowest BCUT2D eigenvalue weighted by atomic mass is 9.89. The summed E-state index contributed by atoms with van der Waals surface area (Å²) < 4.78 is 2.31. The number of likely N-dealkylation sites (tertiary alicyclic amines) is 1. The molecule has 1 atom stereocenters. The highest BCUT2D eigenvalue weighted by Crippen LogP contribution is 2.29. The van der Waals surface area contributed by atoms with Gasteiger partial charge in [-0.25, -0.2) is 0 Å². The molecule has 1 fully saturated rings. The summed E-state index contributed by atoms with van der Waals surface area (Å²) in [7, 11) is 0. The monoisotopic (exact) mass is 434 g/mol. The highest BCUT2D eigenvalue weighted by molar-refractivity contribution is 5.98. The fourth-order valence-electron chi connectivity index (χ4n) is 5.65. The van der Waals surface area contributed by atoms with Crippen LogP contribution in [0.1, 0.15) is 96.8 Å². The summed E-state index contributed by atoms with van der Waals surface area (Å²) >= 11 is 0. The molecule has 1 saturated heterocycles. The van der Waals surface area contributed by atoms with Crippen LogP contribution in [-0.4, -0.2) is 44.4 Å². The number of aromatic nitrogens is 3. The van der Waals surface area contributed by atoms with E-state index < -0.39 is 0 Å². The zero-order chi connectivity index (χ0) is 21.9. The SMILES string of the molecule is O=C(CCC(=O)N1CCCC(c2nnc3n2CCCCC3)C1)c1ccc2c(c1)CCCC2. The first-order chi connectivity index (χ1) is 15.7. The summed E-state index contributed by atoms with van der Waals surface area (Å²) in [5.41, 5.74) is 3.47. The molecule has 1 aromatic carbocycles. The molecular weight excluding hydrogens is 400 g/mol. The average Bonchev–Trinajstić information content (AvgIpc) is 3.10. The van der Waals surface area contributed by atoms with Gasteiger partial charge < -0.3 is 9.47 Å². The van der Waals surface area contributed by atoms with Crippen molar-refractivity contribution in [2.45, 2.75) is 89.5 Å². The Morgan fingerprint density at radius 2 is 1.72 bits per heavy atom. The number of piperidine rings is 1. The fraction of sp³-hybridized carbons (Fsp3) is 0.615. The number of carbonyl (C=O) groups is 2. The molecule has 6 nitrogen and oxygen atoms in total. The third-order valence-electron chi connectivity index (χ3n) is 7.51. The van der Waals surface area contributed by atoms with Crippen molar-refractivity contribution in [3.8, 4) is 0 Å². The Bertz CT molecular complexity index is 996. The van der Waals surface area contributed by atoms with Crippen LogP contribution in [0.2, 0.25) is 0 Å². The molecule has 1 amide bonds. The summed E-state index contributed by atoms with van der Waals surface area (Å²) in [5, 5.41) is 8.98. The number of ketones is 1. The Morgan fingerprint density at radius 3 is 2.62 bits per heavy atom. The molecule has 5 rings (SSSR count). The van der Waals surface area contributed by atoms with Gasteiger partial charge in [-0.1, -0.05) is 18.6 Å². The van der Waals surface area contributed by atoms with Crippen LogP contribution in [0, 0.1) is 0 Å². The van der Waals surface area contributed by atoms with Gasteiger partial charge in [-0.05, 0) is 68.6 Å². The van der Waals surface area contributed by atoms with Gasteiger partial charge in [-0.3, -0.25) is 9.59 Å². The van der Waals surface area contributed by atoms with Crippen molar-refractivity contribution >= 4 is 11.7 Å². The first-order valence-electron chi connectivity index (χ1n) is 12.5. The molecule has 1 aromatic heterocycles. The number of carbonyl (C=O) groups excluding carboxylic acids is 2. The largest absolute Gasteiger partial charge is 0.342 e. The smallest absolute Gasteiger partial charge is 0.223 e. The van der Waals surface area contributed by atoms with Gasteiger partial charge in [0.1, 0.15) is 11.6 Å². The van der Waals surface area contributed by atoms with E-state index in [1.54, 1.807) is 0 Å². The zero-order valence-corrected chi connectivity index (χ0v) is 19.0. The maximum absolute atomic E-state index is 13.0. The molecule has 2 aromatic rings. The Kier molecular flexibility index (Phi) is 6.37. The molecule has 32 heavy (non-hydrogen) atoms. The lowest BCUT2D eigenvalue weighted by molar-refractivity contribution is -0.132. The summed E-state index contributed by atoms with van der Waals surface area (Å²) in [5.74, 6) is 2.60. The van der Waals surface area contributed by atoms with Gasteiger partial charge in [-0.2, -0.15) is 0 Å². The molecule has 3 aliphatic rings. The summed E-state index contributed by atoms with van der Waals surface area (Å²) in [6.07, 6.45) is 11.9. The Hall–Kier alpha value is -2.50. The van der Waals surface area contributed by atoms with Crippen LogP contribution in [0.15, 0.2) is 18.2 Å². The van der Waals surface area contributed by atoms with Crippen LogP contribution in [0.5, 0.6) is 0 Å². The number of rotatable bonds is 5. The standard InChI is InChI=1S/C26H34N4O2/c31-23(21-12-11-19-7-3-4-8-20(19)17-21)13-14-25(32)29-15-6-9-22(18-29)26-28-27-24-10-2-1-5-16-30(24)26/h11-12,17,22H,1-10,13-16,18H2. The molecule has 1 unspecified atom stereocenters. The second-order valence-corrected chi connectivity index (χ2v) is 9.73. The highest BCUT2D eigenvalue weighted by Gasteiger charge is 2.29. The maximum Gasteiger partial charge on any atom is 0.223 e. The van der Waals surface area contributed by atoms with E-state index >= 15 is 0 Å². The van der Waals surface area contributed by atoms with E-state index in [9.17, 15) is 9.59 Å². The molecule has 6 heteroatoms. The number of benzene rings is 1. The van der Waals surface area contributed by atoms with E-state index in [-0.39, 0.29) is 17.6 Å². The Balaban J connectivity index is 1.19. The van der Waals surface area contributed by atoms with E-state index in [2.05, 4.69) is 26.9 Å². The van der Waals surface area contributed by atoms with Crippen molar-refractivity contribution in [3.63, 3.8) is 0 Å². The van der Waals surface area contributed by atoms with Crippen molar-refractivity contribution in [1.29, 1.82) is 0 Å². The molecule has 0 bridgehead atoms. The quantitative estimate of drug-likeness (QED) is 0.660. The molecule has 1 aliphatic carbocycles. The molecular formula is C26H34N4O2. The number of Topliss-reactive ketones (excluding diaryl/α,β-unsaturated/α-hetero) is 1. The first-order valence-corrected chi connectivity index (χ1v) is 12.5. The van der Waals surface area contributed by atoms with Crippen molar-refractivity contribution in [3.05, 3.63) is 46.5 Å². The van der Waals surface area contributed by atoms with E-state index in [4.69, 9.17) is 0 Å². The topological polar surface area (TPSA) is 68.1 Å². The van der Waals surface area contributed by atoms with Gasteiger partial charge in [-0.15, -0.1) is 10.2 Å². The molecule has 170 valence electrons.